The van der Waals surface area contributed by atoms with E-state index in [1.807, 2.05) is 6.92 Å². The molecule has 0 bridgehead atoms. The zero-order valence-corrected chi connectivity index (χ0v) is 16.7. The number of ether oxygens (including phenoxy) is 1. The quantitative estimate of drug-likeness (QED) is 0.191. The predicted octanol–water partition coefficient (Wildman–Crippen LogP) is 3.72. The van der Waals surface area contributed by atoms with Crippen LogP contribution in [0.4, 0.5) is 5.69 Å². The fraction of sp³-hybridized carbons (Fsp3) is 0.250. The van der Waals surface area contributed by atoms with Crippen molar-refractivity contribution in [3.63, 3.8) is 0 Å². The molecule has 9 heteroatoms. The molecule has 0 saturated heterocycles. The first-order valence-electron chi connectivity index (χ1n) is 8.88. The number of fused-ring (bicyclic) bond motifs is 1. The van der Waals surface area contributed by atoms with Crippen molar-refractivity contribution < 1.29 is 14.5 Å². The molecule has 0 fully saturated rings. The van der Waals surface area contributed by atoms with E-state index < -0.39 is 10.9 Å². The molecule has 0 spiro atoms. The maximum atomic E-state index is 13.0. The van der Waals surface area contributed by atoms with Gasteiger partial charge in [0.05, 0.1) is 29.4 Å². The van der Waals surface area contributed by atoms with Gasteiger partial charge in [-0.15, -0.1) is 0 Å². The molecule has 0 aliphatic heterocycles. The van der Waals surface area contributed by atoms with E-state index in [2.05, 4.69) is 9.72 Å². The zero-order chi connectivity index (χ0) is 21.0. The molecule has 1 aromatic heterocycles. The number of hydrogen-bond acceptors (Lipinski definition) is 7. The minimum Gasteiger partial charge on any atom is -0.469 e. The summed E-state index contributed by atoms with van der Waals surface area (Å²) in [6.07, 6.45) is 0.0369. The molecule has 0 aliphatic rings. The van der Waals surface area contributed by atoms with Crippen molar-refractivity contribution in [2.45, 2.75) is 30.3 Å². The van der Waals surface area contributed by atoms with Gasteiger partial charge in [-0.2, -0.15) is 0 Å². The van der Waals surface area contributed by atoms with Crippen LogP contribution in [-0.4, -0.2) is 27.6 Å². The maximum Gasteiger partial charge on any atom is 0.307 e. The summed E-state index contributed by atoms with van der Waals surface area (Å²) >= 11 is 1.31. The first kappa shape index (κ1) is 20.5. The molecular weight excluding hydrogens is 394 g/mol. The number of nitrogens with zero attached hydrogens (tertiary/aromatic N) is 3. The van der Waals surface area contributed by atoms with Gasteiger partial charge in [0.2, 0.25) is 0 Å². The number of nitro groups is 1. The molecule has 1 atom stereocenters. The topological polar surface area (TPSA) is 104 Å². The van der Waals surface area contributed by atoms with Crippen LogP contribution in [0.2, 0.25) is 0 Å². The Kier molecular flexibility index (Phi) is 6.28. The van der Waals surface area contributed by atoms with Crippen LogP contribution in [0.5, 0.6) is 0 Å². The number of thioether (sulfide) groups is 1. The monoisotopic (exact) mass is 413 g/mol. The number of benzene rings is 2. The SMILES string of the molecule is COC(=O)CCn1c(SC(C)c2cccc([N+](=O)[O-])c2)nc2ccccc2c1=O. The van der Waals surface area contributed by atoms with E-state index in [4.69, 9.17) is 0 Å². The Morgan fingerprint density at radius 3 is 2.76 bits per heavy atom. The van der Waals surface area contributed by atoms with Crippen molar-refractivity contribution in [3.05, 3.63) is 74.6 Å². The van der Waals surface area contributed by atoms with Crippen molar-refractivity contribution in [1.29, 1.82) is 0 Å². The zero-order valence-electron chi connectivity index (χ0n) is 15.9. The third-order valence-electron chi connectivity index (χ3n) is 4.43. The van der Waals surface area contributed by atoms with E-state index in [0.29, 0.717) is 16.1 Å². The second-order valence-electron chi connectivity index (χ2n) is 6.31. The van der Waals surface area contributed by atoms with Gasteiger partial charge in [-0.1, -0.05) is 36.0 Å². The molecule has 0 radical (unpaired) electrons. The van der Waals surface area contributed by atoms with Crippen LogP contribution >= 0.6 is 11.8 Å². The van der Waals surface area contributed by atoms with Crippen molar-refractivity contribution >= 4 is 34.3 Å². The van der Waals surface area contributed by atoms with E-state index in [-0.39, 0.29) is 29.5 Å². The van der Waals surface area contributed by atoms with Gasteiger partial charge in [0, 0.05) is 23.9 Å². The van der Waals surface area contributed by atoms with Gasteiger partial charge in [-0.25, -0.2) is 4.98 Å². The van der Waals surface area contributed by atoms with Gasteiger partial charge >= 0.3 is 5.97 Å². The highest BCUT2D eigenvalue weighted by molar-refractivity contribution is 7.99. The summed E-state index contributed by atoms with van der Waals surface area (Å²) in [5, 5.41) is 11.8. The van der Waals surface area contributed by atoms with Crippen LogP contribution in [0.15, 0.2) is 58.5 Å². The molecule has 0 aliphatic carbocycles. The standard InChI is InChI=1S/C20H19N3O5S/c1-13(14-6-5-7-15(12-14)23(26)27)29-20-21-17-9-4-3-8-16(17)19(25)22(20)11-10-18(24)28-2/h3-9,12-13H,10-11H2,1-2H3. The molecular formula is C20H19N3O5S. The number of aromatic nitrogens is 2. The fourth-order valence-electron chi connectivity index (χ4n) is 2.86. The Bertz CT molecular complexity index is 1130. The summed E-state index contributed by atoms with van der Waals surface area (Å²) in [4.78, 5) is 39.8. The average molecular weight is 413 g/mol. The van der Waals surface area contributed by atoms with E-state index in [1.54, 1.807) is 36.4 Å². The lowest BCUT2D eigenvalue weighted by atomic mass is 10.1. The Morgan fingerprint density at radius 2 is 2.03 bits per heavy atom. The van der Waals surface area contributed by atoms with Crippen molar-refractivity contribution in [3.8, 4) is 0 Å². The second kappa shape index (κ2) is 8.87. The lowest BCUT2D eigenvalue weighted by Gasteiger charge is -2.16. The Labute approximate surface area is 170 Å². The van der Waals surface area contributed by atoms with Crippen LogP contribution in [0.1, 0.15) is 24.2 Å². The number of methoxy groups -OCH3 is 1. The van der Waals surface area contributed by atoms with Gasteiger partial charge in [0.1, 0.15) is 0 Å². The first-order valence-corrected chi connectivity index (χ1v) is 9.76. The molecule has 0 N–H and O–H groups in total. The van der Waals surface area contributed by atoms with Crippen LogP contribution in [-0.2, 0) is 16.1 Å². The first-order chi connectivity index (χ1) is 13.9. The number of rotatable bonds is 7. The highest BCUT2D eigenvalue weighted by atomic mass is 32.2. The minimum absolute atomic E-state index is 0.00417. The summed E-state index contributed by atoms with van der Waals surface area (Å²) in [6, 6.07) is 13.4. The molecule has 2 aromatic carbocycles. The van der Waals surface area contributed by atoms with E-state index in [1.165, 1.54) is 35.6 Å². The molecule has 1 heterocycles. The maximum absolute atomic E-state index is 13.0. The number of hydrogen-bond donors (Lipinski definition) is 0. The lowest BCUT2D eigenvalue weighted by Crippen LogP contribution is -2.25. The number of para-hydroxylation sites is 1. The number of carbonyl (C=O) groups excluding carboxylic acids is 1. The fourth-order valence-corrected chi connectivity index (χ4v) is 3.91. The smallest absolute Gasteiger partial charge is 0.307 e. The lowest BCUT2D eigenvalue weighted by molar-refractivity contribution is -0.384. The van der Waals surface area contributed by atoms with E-state index in [0.717, 1.165) is 5.56 Å². The molecule has 0 saturated carbocycles. The number of nitro benzene ring substituents is 1. The molecule has 8 nitrogen and oxygen atoms in total. The summed E-state index contributed by atoms with van der Waals surface area (Å²) in [6.45, 7) is 2.02. The summed E-state index contributed by atoms with van der Waals surface area (Å²) in [7, 11) is 1.30. The molecule has 3 rings (SSSR count). The summed E-state index contributed by atoms with van der Waals surface area (Å²) in [5.74, 6) is -0.423. The van der Waals surface area contributed by atoms with Crippen LogP contribution in [0.3, 0.4) is 0 Å². The van der Waals surface area contributed by atoms with E-state index in [9.17, 15) is 19.7 Å². The minimum atomic E-state index is -0.443. The third-order valence-corrected chi connectivity index (χ3v) is 5.57. The van der Waals surface area contributed by atoms with E-state index >= 15 is 0 Å². The van der Waals surface area contributed by atoms with Crippen LogP contribution < -0.4 is 5.56 Å². The molecule has 0 amide bonds. The van der Waals surface area contributed by atoms with Gasteiger partial charge in [-0.3, -0.25) is 24.3 Å². The number of esters is 1. The van der Waals surface area contributed by atoms with Crippen LogP contribution in [0.25, 0.3) is 10.9 Å². The summed E-state index contributed by atoms with van der Waals surface area (Å²) < 4.78 is 6.14. The van der Waals surface area contributed by atoms with Gasteiger partial charge in [0.25, 0.3) is 11.2 Å². The number of carbonyl (C=O) groups is 1. The molecule has 150 valence electrons. The highest BCUT2D eigenvalue weighted by Gasteiger charge is 2.18. The molecule has 1 unspecified atom stereocenters. The summed E-state index contributed by atoms with van der Waals surface area (Å²) in [5.41, 5.74) is 1.06. The second-order valence-corrected chi connectivity index (χ2v) is 7.61. The number of non-ortho nitro benzene ring substituents is 1. The van der Waals surface area contributed by atoms with Crippen molar-refractivity contribution in [2.75, 3.05) is 7.11 Å². The van der Waals surface area contributed by atoms with Crippen LogP contribution in [0, 0.1) is 10.1 Å². The van der Waals surface area contributed by atoms with Crippen molar-refractivity contribution in [1.82, 2.24) is 9.55 Å². The van der Waals surface area contributed by atoms with Gasteiger partial charge in [-0.05, 0) is 24.6 Å². The van der Waals surface area contributed by atoms with Gasteiger partial charge < -0.3 is 4.74 Å². The predicted molar refractivity (Wildman–Crippen MR) is 110 cm³/mol. The van der Waals surface area contributed by atoms with Crippen molar-refractivity contribution in [2.24, 2.45) is 0 Å². The third kappa shape index (κ3) is 4.62. The largest absolute Gasteiger partial charge is 0.469 e. The average Bonchev–Trinajstić information content (AvgIpc) is 2.73. The normalized spacial score (nSPS) is 11.9. The highest BCUT2D eigenvalue weighted by Crippen LogP contribution is 2.35. The van der Waals surface area contributed by atoms with Gasteiger partial charge in [0.15, 0.2) is 5.16 Å². The molecule has 3 aromatic rings. The Balaban J connectivity index is 2.00. The molecule has 29 heavy (non-hydrogen) atoms. The Hall–Kier alpha value is -3.20. The Morgan fingerprint density at radius 1 is 1.28 bits per heavy atom.